The molecule has 1 atom stereocenters. The molecule has 0 radical (unpaired) electrons. The molecule has 2 fully saturated rings. The van der Waals surface area contributed by atoms with Gasteiger partial charge in [-0.3, -0.25) is 14.4 Å². The van der Waals surface area contributed by atoms with Gasteiger partial charge in [-0.25, -0.2) is 8.42 Å². The molecule has 1 spiro atoms. The number of aliphatic hydroxyl groups excluding tert-OH is 1. The van der Waals surface area contributed by atoms with Crippen molar-refractivity contribution in [3.63, 3.8) is 0 Å². The van der Waals surface area contributed by atoms with Crippen molar-refractivity contribution < 1.29 is 27.9 Å². The molecule has 11 heteroatoms. The Labute approximate surface area is 234 Å². The van der Waals surface area contributed by atoms with Crippen LogP contribution in [0.2, 0.25) is 0 Å². The first-order valence-corrected chi connectivity index (χ1v) is 14.9. The highest BCUT2D eigenvalue weighted by atomic mass is 32.2. The summed E-state index contributed by atoms with van der Waals surface area (Å²) in [6, 6.07) is 12.6. The summed E-state index contributed by atoms with van der Waals surface area (Å²) in [7, 11) is 1.51. The van der Waals surface area contributed by atoms with Crippen LogP contribution in [0.1, 0.15) is 36.8 Å². The number of piperidine rings is 1. The van der Waals surface area contributed by atoms with E-state index in [0.29, 0.717) is 37.3 Å². The second-order valence-electron chi connectivity index (χ2n) is 10.8. The van der Waals surface area contributed by atoms with Crippen LogP contribution >= 0.6 is 0 Å². The SMILES string of the molecule is CN(C)CCCN1C(=O)C(=O)/C(=C(/O)c2cccc(S(=O)(=O)N3CCCCC3)c2)C12C(=O)N(C)c1ccccc12. The van der Waals surface area contributed by atoms with E-state index in [1.807, 2.05) is 19.0 Å². The predicted molar refractivity (Wildman–Crippen MR) is 150 cm³/mol. The molecule has 3 heterocycles. The lowest BCUT2D eigenvalue weighted by molar-refractivity contribution is -0.143. The lowest BCUT2D eigenvalue weighted by atomic mass is 9.82. The quantitative estimate of drug-likeness (QED) is 0.311. The first-order valence-electron chi connectivity index (χ1n) is 13.5. The van der Waals surface area contributed by atoms with Crippen LogP contribution < -0.4 is 4.90 Å². The lowest BCUT2D eigenvalue weighted by Crippen LogP contribution is -2.51. The maximum absolute atomic E-state index is 14.1. The van der Waals surface area contributed by atoms with Gasteiger partial charge in [0.1, 0.15) is 5.76 Å². The van der Waals surface area contributed by atoms with Gasteiger partial charge in [-0.1, -0.05) is 36.8 Å². The molecule has 212 valence electrons. The van der Waals surface area contributed by atoms with Crippen molar-refractivity contribution in [1.82, 2.24) is 14.1 Å². The van der Waals surface area contributed by atoms with Gasteiger partial charge < -0.3 is 19.8 Å². The first kappa shape index (κ1) is 28.0. The van der Waals surface area contributed by atoms with Crippen LogP contribution in [0, 0.1) is 0 Å². The minimum absolute atomic E-state index is 0.0250. The molecule has 40 heavy (non-hydrogen) atoms. The molecule has 2 saturated heterocycles. The van der Waals surface area contributed by atoms with E-state index >= 15 is 0 Å². The van der Waals surface area contributed by atoms with Crippen LogP contribution in [0.3, 0.4) is 0 Å². The van der Waals surface area contributed by atoms with Gasteiger partial charge >= 0.3 is 0 Å². The summed E-state index contributed by atoms with van der Waals surface area (Å²) in [5.41, 5.74) is -1.22. The van der Waals surface area contributed by atoms with Crippen molar-refractivity contribution in [2.45, 2.75) is 36.1 Å². The van der Waals surface area contributed by atoms with Gasteiger partial charge in [0.25, 0.3) is 17.6 Å². The number of ketones is 1. The molecule has 0 saturated carbocycles. The van der Waals surface area contributed by atoms with Crippen LogP contribution in [0.4, 0.5) is 5.69 Å². The fraction of sp³-hybridized carbons (Fsp3) is 0.414. The molecule has 3 aliphatic rings. The zero-order valence-corrected chi connectivity index (χ0v) is 23.8. The van der Waals surface area contributed by atoms with E-state index in [2.05, 4.69) is 0 Å². The number of benzene rings is 2. The smallest absolute Gasteiger partial charge is 0.296 e. The third-order valence-electron chi connectivity index (χ3n) is 7.99. The van der Waals surface area contributed by atoms with E-state index in [9.17, 15) is 27.9 Å². The number of amides is 2. The van der Waals surface area contributed by atoms with E-state index < -0.39 is 38.9 Å². The fourth-order valence-electron chi connectivity index (χ4n) is 6.02. The predicted octanol–water partition coefficient (Wildman–Crippen LogP) is 2.37. The standard InChI is InChI=1S/C29H34N4O6S/c1-30(2)15-10-18-33-27(36)26(35)24(29(33)22-13-5-6-14-23(22)31(3)28(29)37)25(34)20-11-9-12-21(19-20)40(38,39)32-16-7-4-8-17-32/h5-6,9,11-14,19,34H,4,7-8,10,15-18H2,1-3H3/b25-24-. The Hall–Kier alpha value is -3.54. The molecule has 2 aromatic rings. The molecule has 1 N–H and O–H groups in total. The molecule has 2 aromatic carbocycles. The monoisotopic (exact) mass is 566 g/mol. The average Bonchev–Trinajstić information content (AvgIpc) is 3.31. The number of sulfonamides is 1. The van der Waals surface area contributed by atoms with Crippen molar-refractivity contribution in [1.29, 1.82) is 0 Å². The van der Waals surface area contributed by atoms with E-state index in [4.69, 9.17) is 0 Å². The molecule has 3 aliphatic heterocycles. The topological polar surface area (TPSA) is 119 Å². The maximum Gasteiger partial charge on any atom is 0.296 e. The Kier molecular flexibility index (Phi) is 7.32. The fourth-order valence-corrected chi connectivity index (χ4v) is 7.58. The summed E-state index contributed by atoms with van der Waals surface area (Å²) < 4.78 is 28.2. The number of Topliss-reactive ketones (excluding diaryl/α,β-unsaturated/α-hetero) is 1. The number of para-hydroxylation sites is 1. The van der Waals surface area contributed by atoms with Crippen molar-refractivity contribution >= 4 is 39.1 Å². The van der Waals surface area contributed by atoms with Crippen LogP contribution in [0.15, 0.2) is 59.0 Å². The molecule has 1 unspecified atom stereocenters. The van der Waals surface area contributed by atoms with Gasteiger partial charge in [-0.05, 0) is 58.1 Å². The van der Waals surface area contributed by atoms with Gasteiger partial charge in [0, 0.05) is 43.5 Å². The molecule has 0 aromatic heterocycles. The normalized spacial score (nSPS) is 23.1. The average molecular weight is 567 g/mol. The second-order valence-corrected chi connectivity index (χ2v) is 12.7. The number of aliphatic hydroxyl groups is 1. The van der Waals surface area contributed by atoms with E-state index in [1.165, 1.54) is 38.4 Å². The minimum Gasteiger partial charge on any atom is -0.507 e. The number of rotatable bonds is 7. The molecule has 10 nitrogen and oxygen atoms in total. The number of likely N-dealkylation sites (N-methyl/N-ethyl adjacent to an activating group) is 1. The number of anilines is 1. The summed E-state index contributed by atoms with van der Waals surface area (Å²) in [6.07, 6.45) is 2.99. The van der Waals surface area contributed by atoms with Crippen molar-refractivity contribution in [3.05, 3.63) is 65.2 Å². The van der Waals surface area contributed by atoms with Crippen LogP contribution in [-0.2, 0) is 29.9 Å². The summed E-state index contributed by atoms with van der Waals surface area (Å²) in [6.45, 7) is 1.54. The van der Waals surface area contributed by atoms with Gasteiger partial charge in [-0.2, -0.15) is 4.31 Å². The second kappa shape index (κ2) is 10.5. The summed E-state index contributed by atoms with van der Waals surface area (Å²) in [4.78, 5) is 45.9. The van der Waals surface area contributed by atoms with Crippen molar-refractivity contribution in [2.24, 2.45) is 0 Å². The van der Waals surface area contributed by atoms with Crippen LogP contribution in [0.25, 0.3) is 5.76 Å². The third-order valence-corrected chi connectivity index (χ3v) is 9.88. The lowest BCUT2D eigenvalue weighted by Gasteiger charge is -2.34. The zero-order valence-electron chi connectivity index (χ0n) is 23.0. The Morgan fingerprint density at radius 1 is 1.00 bits per heavy atom. The minimum atomic E-state index is -3.84. The number of carbonyl (C=O) groups excluding carboxylic acids is 3. The number of hydrogen-bond donors (Lipinski definition) is 1. The molecule has 0 bridgehead atoms. The van der Waals surface area contributed by atoms with Gasteiger partial charge in [0.2, 0.25) is 10.0 Å². The van der Waals surface area contributed by atoms with E-state index in [0.717, 1.165) is 19.3 Å². The summed E-state index contributed by atoms with van der Waals surface area (Å²) in [5.74, 6) is -2.97. The molecular formula is C29H34N4O6S. The van der Waals surface area contributed by atoms with Crippen LogP contribution in [-0.4, -0.2) is 92.5 Å². The van der Waals surface area contributed by atoms with Gasteiger partial charge in [0.15, 0.2) is 5.54 Å². The highest BCUT2D eigenvalue weighted by Crippen LogP contribution is 2.53. The summed E-state index contributed by atoms with van der Waals surface area (Å²) in [5, 5.41) is 11.7. The Balaban J connectivity index is 1.69. The molecule has 0 aliphatic carbocycles. The zero-order chi connectivity index (χ0) is 28.8. The molecule has 5 rings (SSSR count). The van der Waals surface area contributed by atoms with Crippen molar-refractivity contribution in [3.8, 4) is 0 Å². The summed E-state index contributed by atoms with van der Waals surface area (Å²) >= 11 is 0. The van der Waals surface area contributed by atoms with Crippen molar-refractivity contribution in [2.75, 3.05) is 52.2 Å². The van der Waals surface area contributed by atoms with Crippen LogP contribution in [0.5, 0.6) is 0 Å². The van der Waals surface area contributed by atoms with Gasteiger partial charge in [0.05, 0.1) is 10.5 Å². The highest BCUT2D eigenvalue weighted by Gasteiger charge is 2.66. The molecular weight excluding hydrogens is 532 g/mol. The largest absolute Gasteiger partial charge is 0.507 e. The van der Waals surface area contributed by atoms with E-state index in [1.54, 1.807) is 31.3 Å². The molecule has 2 amide bonds. The maximum atomic E-state index is 14.1. The number of carbonyl (C=O) groups is 3. The number of hydrogen-bond acceptors (Lipinski definition) is 7. The van der Waals surface area contributed by atoms with Gasteiger partial charge in [-0.15, -0.1) is 0 Å². The number of fused-ring (bicyclic) bond motifs is 2. The van der Waals surface area contributed by atoms with E-state index in [-0.39, 0.29) is 22.6 Å². The number of likely N-dealkylation sites (tertiary alicyclic amines) is 1. The highest BCUT2D eigenvalue weighted by molar-refractivity contribution is 7.89. The Morgan fingerprint density at radius 2 is 1.70 bits per heavy atom. The first-order chi connectivity index (χ1) is 19.0. The Morgan fingerprint density at radius 3 is 2.40 bits per heavy atom. The third kappa shape index (κ3) is 4.23. The number of nitrogens with zero attached hydrogens (tertiary/aromatic N) is 4. The Bertz CT molecular complexity index is 1510.